The highest BCUT2D eigenvalue weighted by Crippen LogP contribution is 2.43. The number of anilines is 1. The molecule has 0 saturated carbocycles. The molecule has 1 saturated heterocycles. The van der Waals surface area contributed by atoms with E-state index in [9.17, 15) is 19.1 Å². The van der Waals surface area contributed by atoms with Gasteiger partial charge < -0.3 is 14.6 Å². The molecule has 1 aliphatic rings. The van der Waals surface area contributed by atoms with Crippen molar-refractivity contribution in [3.05, 3.63) is 94.3 Å². The number of aliphatic hydroxyl groups is 1. The summed E-state index contributed by atoms with van der Waals surface area (Å²) in [5.41, 5.74) is 0.839. The molecule has 3 aromatic rings. The minimum atomic E-state index is -1.01. The summed E-state index contributed by atoms with van der Waals surface area (Å²) >= 11 is 6.11. The Labute approximate surface area is 194 Å². The molecular weight excluding hydrogens is 449 g/mol. The Morgan fingerprint density at radius 2 is 1.64 bits per heavy atom. The molecule has 1 amide bonds. The van der Waals surface area contributed by atoms with Gasteiger partial charge in [-0.05, 0) is 60.2 Å². The van der Waals surface area contributed by atoms with E-state index in [-0.39, 0.29) is 16.9 Å². The van der Waals surface area contributed by atoms with Gasteiger partial charge in [0.25, 0.3) is 11.7 Å². The van der Waals surface area contributed by atoms with Crippen molar-refractivity contribution < 1.29 is 28.6 Å². The van der Waals surface area contributed by atoms with Gasteiger partial charge in [-0.2, -0.15) is 0 Å². The van der Waals surface area contributed by atoms with E-state index in [1.165, 1.54) is 49.5 Å². The molecular formula is C25H19ClFNO5. The Hall–Kier alpha value is -3.84. The van der Waals surface area contributed by atoms with Gasteiger partial charge in [-0.15, -0.1) is 0 Å². The first kappa shape index (κ1) is 22.4. The van der Waals surface area contributed by atoms with Gasteiger partial charge in [0.15, 0.2) is 0 Å². The number of hydrogen-bond acceptors (Lipinski definition) is 5. The molecule has 0 bridgehead atoms. The molecule has 8 heteroatoms. The zero-order valence-electron chi connectivity index (χ0n) is 17.7. The zero-order chi connectivity index (χ0) is 23.7. The molecule has 0 spiro atoms. The number of ether oxygens (including phenoxy) is 2. The van der Waals surface area contributed by atoms with E-state index < -0.39 is 29.3 Å². The second kappa shape index (κ2) is 8.96. The summed E-state index contributed by atoms with van der Waals surface area (Å²) in [5, 5.41) is 11.5. The number of benzene rings is 3. The van der Waals surface area contributed by atoms with Gasteiger partial charge in [0.1, 0.15) is 23.1 Å². The van der Waals surface area contributed by atoms with Crippen molar-refractivity contribution in [3.8, 4) is 11.5 Å². The first-order valence-corrected chi connectivity index (χ1v) is 10.3. The number of aliphatic hydroxyl groups excluding tert-OH is 1. The molecule has 3 aromatic carbocycles. The van der Waals surface area contributed by atoms with E-state index in [2.05, 4.69) is 0 Å². The minimum Gasteiger partial charge on any atom is -0.507 e. The van der Waals surface area contributed by atoms with Crippen LogP contribution in [0.15, 0.2) is 72.3 Å². The van der Waals surface area contributed by atoms with E-state index in [4.69, 9.17) is 21.1 Å². The molecule has 1 fully saturated rings. The number of amides is 1. The number of methoxy groups -OCH3 is 2. The fraction of sp³-hybridized carbons (Fsp3) is 0.120. The van der Waals surface area contributed by atoms with E-state index in [0.717, 1.165) is 0 Å². The molecule has 1 aliphatic heterocycles. The van der Waals surface area contributed by atoms with Crippen LogP contribution in [0.4, 0.5) is 10.1 Å². The number of carbonyl (C=O) groups is 2. The van der Waals surface area contributed by atoms with Crippen LogP contribution in [0.25, 0.3) is 5.76 Å². The fourth-order valence-electron chi connectivity index (χ4n) is 3.81. The average molecular weight is 468 g/mol. The smallest absolute Gasteiger partial charge is 0.300 e. The van der Waals surface area contributed by atoms with Crippen LogP contribution in [0.3, 0.4) is 0 Å². The molecule has 0 aliphatic carbocycles. The number of rotatable bonds is 5. The van der Waals surface area contributed by atoms with Gasteiger partial charge in [0.2, 0.25) is 0 Å². The molecule has 1 unspecified atom stereocenters. The summed E-state index contributed by atoms with van der Waals surface area (Å²) in [6, 6.07) is 15.5. The predicted octanol–water partition coefficient (Wildman–Crippen LogP) is 5.12. The molecule has 1 N–H and O–H groups in total. The quantitative estimate of drug-likeness (QED) is 0.320. The molecule has 0 aromatic heterocycles. The van der Waals surface area contributed by atoms with Crippen LogP contribution in [-0.2, 0) is 9.59 Å². The second-order valence-corrected chi connectivity index (χ2v) is 7.70. The predicted molar refractivity (Wildman–Crippen MR) is 122 cm³/mol. The van der Waals surface area contributed by atoms with Crippen molar-refractivity contribution in [2.45, 2.75) is 6.04 Å². The van der Waals surface area contributed by atoms with E-state index in [1.807, 2.05) is 0 Å². The van der Waals surface area contributed by atoms with Crippen molar-refractivity contribution in [3.63, 3.8) is 0 Å². The highest BCUT2D eigenvalue weighted by molar-refractivity contribution is 6.51. The lowest BCUT2D eigenvalue weighted by Crippen LogP contribution is -2.29. The molecule has 1 heterocycles. The molecule has 33 heavy (non-hydrogen) atoms. The number of nitrogens with zero attached hydrogens (tertiary/aromatic N) is 1. The standard InChI is InChI=1S/C25H19ClFNO5/c1-32-18-10-8-17(9-11-18)28-22(14-3-6-16(27)7-4-14)21(24(30)25(28)31)23(29)19-13-15(26)5-12-20(19)33-2/h3-13,22,29H,1-2H3/b23-21+. The highest BCUT2D eigenvalue weighted by atomic mass is 35.5. The Balaban J connectivity index is 1.96. The first-order valence-electron chi connectivity index (χ1n) is 9.90. The third kappa shape index (κ3) is 4.03. The Morgan fingerprint density at radius 1 is 0.970 bits per heavy atom. The van der Waals surface area contributed by atoms with Crippen molar-refractivity contribution in [1.29, 1.82) is 0 Å². The maximum atomic E-state index is 13.6. The summed E-state index contributed by atoms with van der Waals surface area (Å²) in [5.74, 6) is -1.81. The van der Waals surface area contributed by atoms with Crippen LogP contribution < -0.4 is 14.4 Å². The molecule has 168 valence electrons. The van der Waals surface area contributed by atoms with Crippen molar-refractivity contribution >= 4 is 34.7 Å². The number of Topliss-reactive ketones (excluding diaryl/α,β-unsaturated/α-hetero) is 1. The van der Waals surface area contributed by atoms with Gasteiger partial charge >= 0.3 is 0 Å². The Bertz CT molecular complexity index is 1250. The van der Waals surface area contributed by atoms with Crippen molar-refractivity contribution in [2.75, 3.05) is 19.1 Å². The van der Waals surface area contributed by atoms with E-state index in [0.29, 0.717) is 22.0 Å². The minimum absolute atomic E-state index is 0.157. The largest absolute Gasteiger partial charge is 0.507 e. The van der Waals surface area contributed by atoms with Gasteiger partial charge in [-0.3, -0.25) is 14.5 Å². The van der Waals surface area contributed by atoms with E-state index >= 15 is 0 Å². The Kier molecular flexibility index (Phi) is 6.07. The fourth-order valence-corrected chi connectivity index (χ4v) is 3.98. The first-order chi connectivity index (χ1) is 15.8. The topological polar surface area (TPSA) is 76.1 Å². The monoisotopic (exact) mass is 467 g/mol. The van der Waals surface area contributed by atoms with E-state index in [1.54, 1.807) is 36.4 Å². The van der Waals surface area contributed by atoms with Crippen molar-refractivity contribution in [1.82, 2.24) is 0 Å². The van der Waals surface area contributed by atoms with Gasteiger partial charge in [0, 0.05) is 10.7 Å². The summed E-state index contributed by atoms with van der Waals surface area (Å²) in [4.78, 5) is 27.6. The Morgan fingerprint density at radius 3 is 2.24 bits per heavy atom. The lowest BCUT2D eigenvalue weighted by molar-refractivity contribution is -0.132. The van der Waals surface area contributed by atoms with Gasteiger partial charge in [-0.1, -0.05) is 23.7 Å². The van der Waals surface area contributed by atoms with Crippen LogP contribution in [0, 0.1) is 5.82 Å². The molecule has 6 nitrogen and oxygen atoms in total. The maximum Gasteiger partial charge on any atom is 0.300 e. The summed E-state index contributed by atoms with van der Waals surface area (Å²) < 4.78 is 24.1. The molecule has 4 rings (SSSR count). The summed E-state index contributed by atoms with van der Waals surface area (Å²) in [7, 11) is 2.92. The third-order valence-corrected chi connectivity index (χ3v) is 5.63. The van der Waals surface area contributed by atoms with Gasteiger partial charge in [0.05, 0.1) is 31.4 Å². The summed E-state index contributed by atoms with van der Waals surface area (Å²) in [6.07, 6.45) is 0. The third-order valence-electron chi connectivity index (χ3n) is 5.40. The lowest BCUT2D eigenvalue weighted by Gasteiger charge is -2.25. The molecule has 1 atom stereocenters. The molecule has 0 radical (unpaired) electrons. The van der Waals surface area contributed by atoms with Crippen LogP contribution in [0.5, 0.6) is 11.5 Å². The van der Waals surface area contributed by atoms with Crippen LogP contribution in [0.2, 0.25) is 5.02 Å². The second-order valence-electron chi connectivity index (χ2n) is 7.26. The number of ketones is 1. The summed E-state index contributed by atoms with van der Waals surface area (Å²) in [6.45, 7) is 0. The lowest BCUT2D eigenvalue weighted by atomic mass is 9.94. The van der Waals surface area contributed by atoms with Crippen LogP contribution in [-0.4, -0.2) is 31.0 Å². The number of hydrogen-bond donors (Lipinski definition) is 1. The van der Waals surface area contributed by atoms with Crippen molar-refractivity contribution in [2.24, 2.45) is 0 Å². The zero-order valence-corrected chi connectivity index (χ0v) is 18.5. The maximum absolute atomic E-state index is 13.6. The van der Waals surface area contributed by atoms with Crippen LogP contribution >= 0.6 is 11.6 Å². The number of carbonyl (C=O) groups excluding carboxylic acids is 2. The average Bonchev–Trinajstić information content (AvgIpc) is 3.09. The normalized spacial score (nSPS) is 17.3. The number of halogens is 2. The highest BCUT2D eigenvalue weighted by Gasteiger charge is 2.47. The SMILES string of the molecule is COc1ccc(N2C(=O)C(=O)/C(=C(/O)c3cc(Cl)ccc3OC)C2c2ccc(F)cc2)cc1. The van der Waals surface area contributed by atoms with Crippen LogP contribution in [0.1, 0.15) is 17.2 Å². The van der Waals surface area contributed by atoms with Gasteiger partial charge in [-0.25, -0.2) is 4.39 Å².